The van der Waals surface area contributed by atoms with Gasteiger partial charge in [-0.2, -0.15) is 0 Å². The van der Waals surface area contributed by atoms with Gasteiger partial charge in [-0.1, -0.05) is 60.7 Å². The summed E-state index contributed by atoms with van der Waals surface area (Å²) in [5.41, 5.74) is 1.99. The fraction of sp³-hybridized carbons (Fsp3) is 0.0556. The zero-order valence-electron chi connectivity index (χ0n) is 11.7. The molecule has 0 unspecified atom stereocenters. The van der Waals surface area contributed by atoms with Gasteiger partial charge < -0.3 is 0 Å². The van der Waals surface area contributed by atoms with E-state index in [4.69, 9.17) is 0 Å². The lowest BCUT2D eigenvalue weighted by Gasteiger charge is -2.03. The van der Waals surface area contributed by atoms with Gasteiger partial charge in [0.05, 0.1) is 0 Å². The molecule has 0 heterocycles. The van der Waals surface area contributed by atoms with E-state index in [1.54, 1.807) is 23.9 Å². The fourth-order valence-corrected chi connectivity index (χ4v) is 2.74. The zero-order chi connectivity index (χ0) is 15.1. The number of ketones is 1. The number of rotatable bonds is 5. The van der Waals surface area contributed by atoms with Crippen molar-refractivity contribution in [1.29, 1.82) is 0 Å². The Morgan fingerprint density at radius 3 is 1.95 bits per heavy atom. The van der Waals surface area contributed by atoms with Crippen LogP contribution >= 0.6 is 24.4 Å². The normalized spacial score (nSPS) is 12.3. The predicted molar refractivity (Wildman–Crippen MR) is 96.3 cm³/mol. The molecule has 0 aliphatic heterocycles. The van der Waals surface area contributed by atoms with Gasteiger partial charge in [0.25, 0.3) is 0 Å². The summed E-state index contributed by atoms with van der Waals surface area (Å²) in [6.07, 6.45) is 5.17. The molecule has 0 aliphatic carbocycles. The van der Waals surface area contributed by atoms with Gasteiger partial charge in [0.1, 0.15) is 0 Å². The Kier molecular flexibility index (Phi) is 5.90. The standard InChI is InChI=1S/C18H16OS2/c1-21-18(15-10-6-3-7-11-15)13-16(19)12-17(20)14-8-4-2-5-9-14/h2-13,20H,1H3/b17-12-,18-13-. The minimum Gasteiger partial charge on any atom is -0.290 e. The molecule has 3 heteroatoms. The number of thioether (sulfide) groups is 1. The quantitative estimate of drug-likeness (QED) is 0.623. The second-order valence-electron chi connectivity index (χ2n) is 4.38. The lowest BCUT2D eigenvalue weighted by molar-refractivity contribution is -0.110. The second-order valence-corrected chi connectivity index (χ2v) is 5.71. The van der Waals surface area contributed by atoms with Gasteiger partial charge in [-0.15, -0.1) is 24.4 Å². The van der Waals surface area contributed by atoms with Crippen LogP contribution in [0.4, 0.5) is 0 Å². The summed E-state index contributed by atoms with van der Waals surface area (Å²) in [7, 11) is 0. The maximum atomic E-state index is 12.2. The molecule has 0 radical (unpaired) electrons. The van der Waals surface area contributed by atoms with Gasteiger partial charge in [0, 0.05) is 9.81 Å². The number of hydrogen-bond acceptors (Lipinski definition) is 3. The highest BCUT2D eigenvalue weighted by Gasteiger charge is 2.03. The van der Waals surface area contributed by atoms with Gasteiger partial charge in [0.15, 0.2) is 5.78 Å². The summed E-state index contributed by atoms with van der Waals surface area (Å²) in [6, 6.07) is 19.6. The molecule has 0 N–H and O–H groups in total. The van der Waals surface area contributed by atoms with E-state index in [9.17, 15) is 4.79 Å². The van der Waals surface area contributed by atoms with E-state index in [1.807, 2.05) is 66.9 Å². The number of carbonyl (C=O) groups excluding carboxylic acids is 1. The molecule has 0 atom stereocenters. The van der Waals surface area contributed by atoms with Crippen molar-refractivity contribution in [2.75, 3.05) is 6.26 Å². The molecule has 0 amide bonds. The average molecular weight is 312 g/mol. The molecule has 0 bridgehead atoms. The van der Waals surface area contributed by atoms with Gasteiger partial charge >= 0.3 is 0 Å². The highest BCUT2D eigenvalue weighted by molar-refractivity contribution is 8.07. The van der Waals surface area contributed by atoms with Gasteiger partial charge in [-0.25, -0.2) is 0 Å². The van der Waals surface area contributed by atoms with Crippen molar-refractivity contribution in [3.8, 4) is 0 Å². The number of allylic oxidation sites excluding steroid dienone is 2. The first-order chi connectivity index (χ1) is 10.2. The van der Waals surface area contributed by atoms with Gasteiger partial charge in [0.2, 0.25) is 0 Å². The van der Waals surface area contributed by atoms with E-state index in [1.165, 1.54) is 0 Å². The topological polar surface area (TPSA) is 17.1 Å². The van der Waals surface area contributed by atoms with Gasteiger partial charge in [-0.3, -0.25) is 4.79 Å². The summed E-state index contributed by atoms with van der Waals surface area (Å²) < 4.78 is 0. The monoisotopic (exact) mass is 312 g/mol. The second kappa shape index (κ2) is 7.91. The SMILES string of the molecule is CS/C(=C\C(=O)/C=C(\S)c1ccccc1)c1ccccc1. The fourth-order valence-electron chi connectivity index (χ4n) is 1.86. The Bertz CT molecular complexity index is 658. The Morgan fingerprint density at radius 1 is 0.905 bits per heavy atom. The minimum atomic E-state index is -0.0583. The highest BCUT2D eigenvalue weighted by atomic mass is 32.2. The van der Waals surface area contributed by atoms with Crippen LogP contribution in [0, 0.1) is 0 Å². The van der Waals surface area contributed by atoms with Crippen LogP contribution in [0.2, 0.25) is 0 Å². The molecule has 0 aromatic heterocycles. The van der Waals surface area contributed by atoms with E-state index >= 15 is 0 Å². The largest absolute Gasteiger partial charge is 0.290 e. The van der Waals surface area contributed by atoms with Crippen LogP contribution in [-0.2, 0) is 4.79 Å². The van der Waals surface area contributed by atoms with Crippen molar-refractivity contribution in [2.45, 2.75) is 0 Å². The number of carbonyl (C=O) groups is 1. The molecule has 0 saturated carbocycles. The third-order valence-electron chi connectivity index (χ3n) is 2.90. The van der Waals surface area contributed by atoms with Crippen molar-refractivity contribution in [3.05, 3.63) is 83.9 Å². The molecular weight excluding hydrogens is 296 g/mol. The Hall–Kier alpha value is -1.71. The van der Waals surface area contributed by atoms with Crippen LogP contribution in [0.3, 0.4) is 0 Å². The van der Waals surface area contributed by atoms with Crippen molar-refractivity contribution in [2.24, 2.45) is 0 Å². The molecule has 21 heavy (non-hydrogen) atoms. The summed E-state index contributed by atoms with van der Waals surface area (Å²) in [5.74, 6) is -0.0583. The molecule has 106 valence electrons. The van der Waals surface area contributed by atoms with E-state index in [2.05, 4.69) is 12.6 Å². The van der Waals surface area contributed by atoms with E-state index in [0.717, 1.165) is 16.0 Å². The lowest BCUT2D eigenvalue weighted by atomic mass is 10.1. The van der Waals surface area contributed by atoms with Crippen LogP contribution in [0.25, 0.3) is 9.81 Å². The van der Waals surface area contributed by atoms with Gasteiger partial charge in [-0.05, 0) is 29.5 Å². The lowest BCUT2D eigenvalue weighted by Crippen LogP contribution is -1.90. The molecule has 2 aromatic rings. The predicted octanol–water partition coefficient (Wildman–Crippen LogP) is 4.93. The zero-order valence-corrected chi connectivity index (χ0v) is 13.4. The van der Waals surface area contributed by atoms with Crippen LogP contribution in [0.1, 0.15) is 11.1 Å². The first kappa shape index (κ1) is 15.7. The Labute approximate surface area is 135 Å². The van der Waals surface area contributed by atoms with Crippen LogP contribution in [0.5, 0.6) is 0 Å². The van der Waals surface area contributed by atoms with E-state index in [-0.39, 0.29) is 5.78 Å². The van der Waals surface area contributed by atoms with Crippen LogP contribution in [0.15, 0.2) is 72.8 Å². The molecule has 0 aliphatic rings. The van der Waals surface area contributed by atoms with Crippen LogP contribution < -0.4 is 0 Å². The highest BCUT2D eigenvalue weighted by Crippen LogP contribution is 2.25. The Morgan fingerprint density at radius 2 is 1.43 bits per heavy atom. The van der Waals surface area contributed by atoms with E-state index in [0.29, 0.717) is 4.91 Å². The van der Waals surface area contributed by atoms with E-state index < -0.39 is 0 Å². The van der Waals surface area contributed by atoms with Crippen LogP contribution in [-0.4, -0.2) is 12.0 Å². The van der Waals surface area contributed by atoms with Crippen molar-refractivity contribution in [1.82, 2.24) is 0 Å². The third-order valence-corrected chi connectivity index (χ3v) is 4.08. The Balaban J connectivity index is 2.22. The van der Waals surface area contributed by atoms with Crippen molar-refractivity contribution < 1.29 is 4.79 Å². The summed E-state index contributed by atoms with van der Waals surface area (Å²) in [6.45, 7) is 0. The molecule has 0 fully saturated rings. The number of thiol groups is 1. The summed E-state index contributed by atoms with van der Waals surface area (Å²) in [5, 5.41) is 0. The summed E-state index contributed by atoms with van der Waals surface area (Å²) >= 11 is 5.96. The average Bonchev–Trinajstić information content (AvgIpc) is 2.54. The maximum absolute atomic E-state index is 12.2. The maximum Gasteiger partial charge on any atom is 0.180 e. The third kappa shape index (κ3) is 4.66. The summed E-state index contributed by atoms with van der Waals surface area (Å²) in [4.78, 5) is 13.8. The molecule has 2 aromatic carbocycles. The molecule has 2 rings (SSSR count). The van der Waals surface area contributed by atoms with Crippen molar-refractivity contribution in [3.63, 3.8) is 0 Å². The first-order valence-corrected chi connectivity index (χ1v) is 8.19. The number of benzene rings is 2. The first-order valence-electron chi connectivity index (χ1n) is 6.52. The minimum absolute atomic E-state index is 0.0583. The molecule has 0 saturated heterocycles. The van der Waals surface area contributed by atoms with Crippen molar-refractivity contribution >= 4 is 40.0 Å². The molecular formula is C18H16OS2. The molecule has 1 nitrogen and oxygen atoms in total. The smallest absolute Gasteiger partial charge is 0.180 e. The number of hydrogen-bond donors (Lipinski definition) is 1. The molecule has 0 spiro atoms.